The zero-order valence-corrected chi connectivity index (χ0v) is 11.1. The van der Waals surface area contributed by atoms with Gasteiger partial charge in [0.2, 0.25) is 0 Å². The summed E-state index contributed by atoms with van der Waals surface area (Å²) in [6, 6.07) is 7.57. The van der Waals surface area contributed by atoms with Gasteiger partial charge in [0.15, 0.2) is 0 Å². The van der Waals surface area contributed by atoms with Crippen LogP contribution in [0.3, 0.4) is 0 Å². The molecule has 1 aromatic carbocycles. The quantitative estimate of drug-likeness (QED) is 0.861. The summed E-state index contributed by atoms with van der Waals surface area (Å²) in [6.45, 7) is 2.25. The number of nitrogens with two attached hydrogens (primary N) is 1. The number of fused-ring (bicyclic) bond motifs is 1. The smallest absolute Gasteiger partial charge is 0.119 e. The van der Waals surface area contributed by atoms with Crippen LogP contribution in [0.2, 0.25) is 0 Å². The number of hydrogen-bond acceptors (Lipinski definition) is 3. The predicted molar refractivity (Wildman–Crippen MR) is 73.0 cm³/mol. The maximum absolute atomic E-state index is 6.01. The number of methoxy groups -OCH3 is 1. The summed E-state index contributed by atoms with van der Waals surface area (Å²) in [4.78, 5) is 2.58. The van der Waals surface area contributed by atoms with E-state index < -0.39 is 0 Å². The topological polar surface area (TPSA) is 38.5 Å². The number of nitrogens with zero attached hydrogens (tertiary/aromatic N) is 1. The second kappa shape index (κ2) is 4.90. The summed E-state index contributed by atoms with van der Waals surface area (Å²) in [5.41, 5.74) is 8.97. The molecule has 2 atom stereocenters. The third-order valence-electron chi connectivity index (χ3n) is 4.39. The Balaban J connectivity index is 1.75. The van der Waals surface area contributed by atoms with Gasteiger partial charge in [-0.05, 0) is 48.9 Å². The molecule has 0 bridgehead atoms. The molecule has 1 heterocycles. The van der Waals surface area contributed by atoms with Gasteiger partial charge < -0.3 is 10.5 Å². The maximum Gasteiger partial charge on any atom is 0.119 e. The number of rotatable bonds is 2. The predicted octanol–water partition coefficient (Wildman–Crippen LogP) is 1.59. The van der Waals surface area contributed by atoms with Gasteiger partial charge in [-0.2, -0.15) is 0 Å². The van der Waals surface area contributed by atoms with Crippen LogP contribution in [0.4, 0.5) is 0 Å². The Hall–Kier alpha value is -1.06. The average molecular weight is 246 g/mol. The number of aryl methyl sites for hydroxylation is 1. The molecule has 98 valence electrons. The third kappa shape index (κ3) is 2.25. The molecular formula is C15H22N2O. The number of likely N-dealkylation sites (tertiary alicyclic amines) is 1. The summed E-state index contributed by atoms with van der Waals surface area (Å²) in [6.07, 6.45) is 4.77. The molecule has 1 aliphatic carbocycles. The lowest BCUT2D eigenvalue weighted by Crippen LogP contribution is -2.39. The van der Waals surface area contributed by atoms with E-state index in [9.17, 15) is 0 Å². The first-order valence-corrected chi connectivity index (χ1v) is 6.91. The molecule has 0 radical (unpaired) electrons. The molecule has 1 aliphatic heterocycles. The van der Waals surface area contributed by atoms with Crippen molar-refractivity contribution < 1.29 is 4.74 Å². The van der Waals surface area contributed by atoms with E-state index in [1.54, 1.807) is 7.11 Å². The monoisotopic (exact) mass is 246 g/mol. The van der Waals surface area contributed by atoms with Gasteiger partial charge >= 0.3 is 0 Å². The molecule has 0 amide bonds. The summed E-state index contributed by atoms with van der Waals surface area (Å²) in [5.74, 6) is 0.979. The van der Waals surface area contributed by atoms with Gasteiger partial charge in [-0.15, -0.1) is 0 Å². The first-order chi connectivity index (χ1) is 8.76. The molecular weight excluding hydrogens is 224 g/mol. The van der Waals surface area contributed by atoms with Gasteiger partial charge in [0.25, 0.3) is 0 Å². The van der Waals surface area contributed by atoms with Gasteiger partial charge in [-0.1, -0.05) is 6.07 Å². The van der Waals surface area contributed by atoms with Crippen LogP contribution >= 0.6 is 0 Å². The Morgan fingerprint density at radius 2 is 2.17 bits per heavy atom. The molecule has 1 fully saturated rings. The molecule has 3 nitrogen and oxygen atoms in total. The van der Waals surface area contributed by atoms with Gasteiger partial charge in [0.05, 0.1) is 7.11 Å². The number of hydrogen-bond donors (Lipinski definition) is 1. The fourth-order valence-corrected chi connectivity index (χ4v) is 3.30. The van der Waals surface area contributed by atoms with E-state index in [-0.39, 0.29) is 0 Å². The van der Waals surface area contributed by atoms with Crippen LogP contribution in [0.1, 0.15) is 24.0 Å². The molecule has 18 heavy (non-hydrogen) atoms. The fraction of sp³-hybridized carbons (Fsp3) is 0.600. The van der Waals surface area contributed by atoms with E-state index >= 15 is 0 Å². The first kappa shape index (κ1) is 12.0. The van der Waals surface area contributed by atoms with Crippen molar-refractivity contribution in [3.8, 4) is 5.75 Å². The Morgan fingerprint density at radius 3 is 2.89 bits per heavy atom. The highest BCUT2D eigenvalue weighted by molar-refractivity contribution is 5.38. The van der Waals surface area contributed by atoms with Crippen LogP contribution < -0.4 is 10.5 Å². The zero-order valence-electron chi connectivity index (χ0n) is 11.1. The van der Waals surface area contributed by atoms with Crippen LogP contribution in [0.5, 0.6) is 5.75 Å². The molecule has 1 aromatic rings. The number of benzene rings is 1. The normalized spacial score (nSPS) is 28.1. The molecule has 1 saturated heterocycles. The Bertz CT molecular complexity index is 433. The molecule has 2 N–H and O–H groups in total. The van der Waals surface area contributed by atoms with E-state index in [0.717, 1.165) is 25.1 Å². The van der Waals surface area contributed by atoms with Crippen molar-refractivity contribution in [2.45, 2.75) is 37.8 Å². The molecule has 3 heteroatoms. The van der Waals surface area contributed by atoms with Crippen LogP contribution in [0.15, 0.2) is 18.2 Å². The molecule has 2 unspecified atom stereocenters. The van der Waals surface area contributed by atoms with Crippen LogP contribution in [0.25, 0.3) is 0 Å². The van der Waals surface area contributed by atoms with Crippen molar-refractivity contribution >= 4 is 0 Å². The second-order valence-corrected chi connectivity index (χ2v) is 5.57. The lowest BCUT2D eigenvalue weighted by atomic mass is 9.87. The van der Waals surface area contributed by atoms with Gasteiger partial charge in [-0.3, -0.25) is 4.90 Å². The largest absolute Gasteiger partial charge is 0.497 e. The van der Waals surface area contributed by atoms with E-state index in [2.05, 4.69) is 23.1 Å². The van der Waals surface area contributed by atoms with E-state index in [0.29, 0.717) is 12.1 Å². The van der Waals surface area contributed by atoms with Crippen molar-refractivity contribution in [3.05, 3.63) is 29.3 Å². The molecule has 0 saturated carbocycles. The minimum absolute atomic E-state index is 0.386. The van der Waals surface area contributed by atoms with Crippen molar-refractivity contribution in [1.29, 1.82) is 0 Å². The molecule has 0 aromatic heterocycles. The van der Waals surface area contributed by atoms with Gasteiger partial charge in [-0.25, -0.2) is 0 Å². The van der Waals surface area contributed by atoms with Crippen molar-refractivity contribution in [2.24, 2.45) is 5.73 Å². The summed E-state index contributed by atoms with van der Waals surface area (Å²) in [5, 5.41) is 0. The highest BCUT2D eigenvalue weighted by atomic mass is 16.5. The molecule has 0 spiro atoms. The minimum atomic E-state index is 0.386. The molecule has 3 rings (SSSR count). The maximum atomic E-state index is 6.01. The Morgan fingerprint density at radius 1 is 1.28 bits per heavy atom. The van der Waals surface area contributed by atoms with Crippen molar-refractivity contribution in [2.75, 3.05) is 20.2 Å². The third-order valence-corrected chi connectivity index (χ3v) is 4.39. The van der Waals surface area contributed by atoms with Crippen molar-refractivity contribution in [1.82, 2.24) is 4.90 Å². The summed E-state index contributed by atoms with van der Waals surface area (Å²) >= 11 is 0. The second-order valence-electron chi connectivity index (χ2n) is 5.57. The fourth-order valence-electron chi connectivity index (χ4n) is 3.30. The van der Waals surface area contributed by atoms with E-state index in [1.165, 1.54) is 30.5 Å². The van der Waals surface area contributed by atoms with Crippen molar-refractivity contribution in [3.63, 3.8) is 0 Å². The lowest BCUT2D eigenvalue weighted by molar-refractivity contribution is 0.219. The SMILES string of the molecule is COc1ccc2c(c1)CC(N1CCC(N)C1)CC2. The molecule has 2 aliphatic rings. The Labute approximate surface area is 109 Å². The van der Waals surface area contributed by atoms with Crippen LogP contribution in [-0.2, 0) is 12.8 Å². The average Bonchev–Trinajstić information content (AvgIpc) is 2.84. The Kier molecular flexibility index (Phi) is 3.27. The van der Waals surface area contributed by atoms with Crippen LogP contribution in [-0.4, -0.2) is 37.2 Å². The van der Waals surface area contributed by atoms with Gasteiger partial charge in [0.1, 0.15) is 5.75 Å². The van der Waals surface area contributed by atoms with E-state index in [1.807, 2.05) is 0 Å². The zero-order chi connectivity index (χ0) is 12.5. The first-order valence-electron chi connectivity index (χ1n) is 6.91. The lowest BCUT2D eigenvalue weighted by Gasteiger charge is -2.32. The highest BCUT2D eigenvalue weighted by Gasteiger charge is 2.29. The summed E-state index contributed by atoms with van der Waals surface area (Å²) in [7, 11) is 1.74. The number of ether oxygens (including phenoxy) is 1. The standard InChI is InChI=1S/C15H22N2O/c1-18-15-5-3-11-2-4-14(8-12(11)9-15)17-7-6-13(16)10-17/h3,5,9,13-14H,2,4,6-8,10,16H2,1H3. The van der Waals surface area contributed by atoms with E-state index in [4.69, 9.17) is 10.5 Å². The highest BCUT2D eigenvalue weighted by Crippen LogP contribution is 2.29. The van der Waals surface area contributed by atoms with Crippen LogP contribution in [0, 0.1) is 0 Å². The summed E-state index contributed by atoms with van der Waals surface area (Å²) < 4.78 is 5.32. The van der Waals surface area contributed by atoms with Gasteiger partial charge in [0, 0.05) is 25.2 Å². The minimum Gasteiger partial charge on any atom is -0.497 e.